The number of hydrogen-bond acceptors (Lipinski definition) is 4. The highest BCUT2D eigenvalue weighted by Gasteiger charge is 2.28. The molecule has 2 aliphatic heterocycles. The lowest BCUT2D eigenvalue weighted by molar-refractivity contribution is 0.0783. The van der Waals surface area contributed by atoms with Crippen molar-refractivity contribution < 1.29 is 9.18 Å². The molecule has 0 saturated carbocycles. The highest BCUT2D eigenvalue weighted by atomic mass is 35.5. The zero-order chi connectivity index (χ0) is 25.6. The maximum Gasteiger partial charge on any atom is 0.166 e. The summed E-state index contributed by atoms with van der Waals surface area (Å²) in [5, 5.41) is 0.768. The van der Waals surface area contributed by atoms with Crippen LogP contribution >= 0.6 is 11.6 Å². The average molecular weight is 520 g/mol. The van der Waals surface area contributed by atoms with Crippen molar-refractivity contribution in [3.8, 4) is 0 Å². The molecule has 1 atom stereocenters. The van der Waals surface area contributed by atoms with Crippen molar-refractivity contribution in [1.29, 1.82) is 0 Å². The number of nitrogens with zero attached hydrogens (tertiary/aromatic N) is 3. The van der Waals surface area contributed by atoms with Gasteiger partial charge in [-0.05, 0) is 73.5 Å². The summed E-state index contributed by atoms with van der Waals surface area (Å²) in [5.41, 5.74) is 3.23. The molecule has 2 fully saturated rings. The van der Waals surface area contributed by atoms with Crippen LogP contribution in [0.2, 0.25) is 5.02 Å². The third-order valence-electron chi connectivity index (χ3n) is 7.89. The van der Waals surface area contributed by atoms with Crippen LogP contribution < -0.4 is 0 Å². The van der Waals surface area contributed by atoms with E-state index >= 15 is 0 Å². The SMILES string of the molecule is O=C(c1ccc(F)cc1)C1CCN(CCN2CCN(C(c3ccccc3)c3ccc(Cl)cc3)CC2)CC1. The monoisotopic (exact) mass is 519 g/mol. The molecule has 194 valence electrons. The van der Waals surface area contributed by atoms with Crippen LogP contribution in [0.3, 0.4) is 0 Å². The Bertz CT molecular complexity index is 1140. The Morgan fingerprint density at radius 2 is 1.32 bits per heavy atom. The van der Waals surface area contributed by atoms with Crippen molar-refractivity contribution in [2.45, 2.75) is 18.9 Å². The molecule has 0 aromatic heterocycles. The van der Waals surface area contributed by atoms with E-state index in [0.29, 0.717) is 5.56 Å². The van der Waals surface area contributed by atoms with E-state index in [-0.39, 0.29) is 23.6 Å². The average Bonchev–Trinajstić information content (AvgIpc) is 2.95. The fourth-order valence-electron chi connectivity index (χ4n) is 5.69. The van der Waals surface area contributed by atoms with Gasteiger partial charge in [-0.15, -0.1) is 0 Å². The van der Waals surface area contributed by atoms with Crippen molar-refractivity contribution >= 4 is 17.4 Å². The maximum atomic E-state index is 13.2. The summed E-state index contributed by atoms with van der Waals surface area (Å²) in [6, 6.07) is 25.2. The summed E-state index contributed by atoms with van der Waals surface area (Å²) < 4.78 is 13.2. The molecule has 1 unspecified atom stereocenters. The first-order valence-corrected chi connectivity index (χ1v) is 13.7. The van der Waals surface area contributed by atoms with Crippen LogP contribution in [-0.2, 0) is 0 Å². The highest BCUT2D eigenvalue weighted by molar-refractivity contribution is 6.30. The molecule has 6 heteroatoms. The fourth-order valence-corrected chi connectivity index (χ4v) is 5.82. The molecular formula is C31H35ClFN3O. The van der Waals surface area contributed by atoms with Crippen LogP contribution in [0.25, 0.3) is 0 Å². The van der Waals surface area contributed by atoms with Gasteiger partial charge in [0.05, 0.1) is 6.04 Å². The minimum Gasteiger partial charge on any atom is -0.302 e. The van der Waals surface area contributed by atoms with Crippen molar-refractivity contribution in [2.24, 2.45) is 5.92 Å². The second-order valence-corrected chi connectivity index (χ2v) is 10.7. The Balaban J connectivity index is 1.10. The Labute approximate surface area is 224 Å². The quantitative estimate of drug-likeness (QED) is 0.352. The number of rotatable bonds is 8. The zero-order valence-electron chi connectivity index (χ0n) is 21.2. The van der Waals surface area contributed by atoms with Gasteiger partial charge in [-0.2, -0.15) is 0 Å². The molecule has 5 rings (SSSR count). The van der Waals surface area contributed by atoms with Crippen LogP contribution in [0.15, 0.2) is 78.9 Å². The number of piperazine rings is 1. The topological polar surface area (TPSA) is 26.8 Å². The van der Waals surface area contributed by atoms with Gasteiger partial charge in [-0.25, -0.2) is 4.39 Å². The van der Waals surface area contributed by atoms with Gasteiger partial charge in [0, 0.05) is 55.8 Å². The van der Waals surface area contributed by atoms with Crippen LogP contribution in [0.1, 0.15) is 40.4 Å². The van der Waals surface area contributed by atoms with Gasteiger partial charge in [0.1, 0.15) is 5.82 Å². The molecule has 0 spiro atoms. The van der Waals surface area contributed by atoms with Gasteiger partial charge in [-0.3, -0.25) is 14.6 Å². The van der Waals surface area contributed by atoms with Gasteiger partial charge in [-0.1, -0.05) is 54.1 Å². The smallest absolute Gasteiger partial charge is 0.166 e. The normalized spacial score (nSPS) is 19.1. The van der Waals surface area contributed by atoms with E-state index in [0.717, 1.165) is 70.2 Å². The summed E-state index contributed by atoms with van der Waals surface area (Å²) >= 11 is 6.17. The number of carbonyl (C=O) groups excluding carboxylic acids is 1. The number of carbonyl (C=O) groups is 1. The zero-order valence-corrected chi connectivity index (χ0v) is 22.0. The summed E-state index contributed by atoms with van der Waals surface area (Å²) in [6.45, 7) is 8.15. The molecule has 4 nitrogen and oxygen atoms in total. The molecule has 0 amide bonds. The minimum absolute atomic E-state index is 0.0491. The van der Waals surface area contributed by atoms with E-state index in [1.807, 2.05) is 12.1 Å². The number of Topliss-reactive ketones (excluding diaryl/α,β-unsaturated/α-hetero) is 1. The number of benzene rings is 3. The molecule has 0 bridgehead atoms. The van der Waals surface area contributed by atoms with E-state index in [4.69, 9.17) is 11.6 Å². The first-order chi connectivity index (χ1) is 18.1. The van der Waals surface area contributed by atoms with Crippen molar-refractivity contribution in [3.63, 3.8) is 0 Å². The first kappa shape index (κ1) is 26.1. The van der Waals surface area contributed by atoms with Crippen LogP contribution in [0.4, 0.5) is 4.39 Å². The largest absolute Gasteiger partial charge is 0.302 e. The molecule has 2 aliphatic rings. The Morgan fingerprint density at radius 3 is 1.95 bits per heavy atom. The third-order valence-corrected chi connectivity index (χ3v) is 8.14. The Morgan fingerprint density at radius 1 is 0.757 bits per heavy atom. The maximum absolute atomic E-state index is 13.2. The number of piperidine rings is 1. The Hall–Kier alpha value is -2.57. The van der Waals surface area contributed by atoms with Crippen LogP contribution in [0, 0.1) is 11.7 Å². The van der Waals surface area contributed by atoms with E-state index < -0.39 is 0 Å². The summed E-state index contributed by atoms with van der Waals surface area (Å²) in [4.78, 5) is 20.4. The van der Waals surface area contributed by atoms with Gasteiger partial charge < -0.3 is 4.90 Å². The third kappa shape index (κ3) is 6.66. The summed E-state index contributed by atoms with van der Waals surface area (Å²) in [6.07, 6.45) is 1.76. The van der Waals surface area contributed by atoms with Gasteiger partial charge in [0.2, 0.25) is 0 Å². The molecule has 3 aromatic carbocycles. The fraction of sp³-hybridized carbons (Fsp3) is 0.387. The molecule has 37 heavy (non-hydrogen) atoms. The highest BCUT2D eigenvalue weighted by Crippen LogP contribution is 2.30. The second kappa shape index (κ2) is 12.3. The van der Waals surface area contributed by atoms with Crippen molar-refractivity contribution in [1.82, 2.24) is 14.7 Å². The molecule has 3 aromatic rings. The van der Waals surface area contributed by atoms with Gasteiger partial charge in [0.25, 0.3) is 0 Å². The number of hydrogen-bond donors (Lipinski definition) is 0. The van der Waals surface area contributed by atoms with Crippen LogP contribution in [0.5, 0.6) is 0 Å². The van der Waals surface area contributed by atoms with E-state index in [9.17, 15) is 9.18 Å². The standard InChI is InChI=1S/C31H35ClFN3O/c32-28-10-6-25(7-11-28)30(24-4-2-1-3-5-24)36-22-20-35(21-23-36)19-18-34-16-14-27(15-17-34)31(37)26-8-12-29(33)13-9-26/h1-13,27,30H,14-23H2. The predicted octanol–water partition coefficient (Wildman–Crippen LogP) is 5.78. The second-order valence-electron chi connectivity index (χ2n) is 10.2. The van der Waals surface area contributed by atoms with Gasteiger partial charge >= 0.3 is 0 Å². The van der Waals surface area contributed by atoms with E-state index in [1.165, 1.54) is 23.3 Å². The lowest BCUT2D eigenvalue weighted by Crippen LogP contribution is -2.50. The number of ketones is 1. The summed E-state index contributed by atoms with van der Waals surface area (Å²) in [5.74, 6) is -0.0924. The number of halogens is 2. The van der Waals surface area contributed by atoms with Crippen molar-refractivity contribution in [2.75, 3.05) is 52.4 Å². The molecule has 0 radical (unpaired) electrons. The van der Waals surface area contributed by atoms with Gasteiger partial charge in [0.15, 0.2) is 5.78 Å². The Kier molecular flexibility index (Phi) is 8.67. The first-order valence-electron chi connectivity index (χ1n) is 13.4. The van der Waals surface area contributed by atoms with E-state index in [1.54, 1.807) is 12.1 Å². The molecule has 0 N–H and O–H groups in total. The molecular weight excluding hydrogens is 485 g/mol. The minimum atomic E-state index is -0.298. The number of likely N-dealkylation sites (tertiary alicyclic amines) is 1. The van der Waals surface area contributed by atoms with Crippen LogP contribution in [-0.4, -0.2) is 72.8 Å². The van der Waals surface area contributed by atoms with Crippen molar-refractivity contribution in [3.05, 3.63) is 106 Å². The molecule has 0 aliphatic carbocycles. The lowest BCUT2D eigenvalue weighted by atomic mass is 9.89. The van der Waals surface area contributed by atoms with E-state index in [2.05, 4.69) is 57.2 Å². The summed E-state index contributed by atoms with van der Waals surface area (Å²) in [7, 11) is 0. The molecule has 2 heterocycles. The predicted molar refractivity (Wildman–Crippen MR) is 148 cm³/mol. The lowest BCUT2D eigenvalue weighted by Gasteiger charge is -2.40. The molecule has 2 saturated heterocycles.